The summed E-state index contributed by atoms with van der Waals surface area (Å²) in [6.07, 6.45) is 2.23. The van der Waals surface area contributed by atoms with Gasteiger partial charge in [0, 0.05) is 26.1 Å². The molecular formula is C11H13N3O. The lowest BCUT2D eigenvalue weighted by Crippen LogP contribution is -2.20. The molecule has 1 heterocycles. The molecule has 0 aliphatic carbocycles. The molecule has 1 aromatic heterocycles. The summed E-state index contributed by atoms with van der Waals surface area (Å²) in [4.78, 5) is 14.5. The van der Waals surface area contributed by atoms with Crippen molar-refractivity contribution < 1.29 is 4.79 Å². The van der Waals surface area contributed by atoms with E-state index >= 15 is 0 Å². The van der Waals surface area contributed by atoms with Gasteiger partial charge < -0.3 is 11.1 Å². The molecule has 0 unspecified atom stereocenters. The van der Waals surface area contributed by atoms with Gasteiger partial charge in [-0.25, -0.2) is 4.98 Å². The van der Waals surface area contributed by atoms with Crippen LogP contribution in [0.5, 0.6) is 0 Å². The number of amides is 1. The van der Waals surface area contributed by atoms with Crippen molar-refractivity contribution in [2.24, 2.45) is 0 Å². The number of rotatable bonds is 2. The van der Waals surface area contributed by atoms with Crippen LogP contribution in [0.2, 0.25) is 0 Å². The molecule has 0 saturated carbocycles. The number of pyridine rings is 1. The largest absolute Gasteiger partial charge is 0.383 e. The summed E-state index contributed by atoms with van der Waals surface area (Å²) in [5, 5.41) is 2.66. The van der Waals surface area contributed by atoms with Crippen LogP contribution in [-0.4, -0.2) is 17.4 Å². The Morgan fingerprint density at radius 2 is 2.47 bits per heavy atom. The molecule has 0 aliphatic rings. The average molecular weight is 203 g/mol. The third-order valence-corrected chi connectivity index (χ3v) is 1.69. The van der Waals surface area contributed by atoms with E-state index in [2.05, 4.69) is 22.1 Å². The van der Waals surface area contributed by atoms with Gasteiger partial charge in [0.15, 0.2) is 0 Å². The predicted octanol–water partition coefficient (Wildman–Crippen LogP) is 0.541. The summed E-state index contributed by atoms with van der Waals surface area (Å²) in [5.74, 6) is 6.20. The quantitative estimate of drug-likeness (QED) is 0.544. The molecular weight excluding hydrogens is 190 g/mol. The lowest BCUT2D eigenvalue weighted by atomic mass is 10.2. The van der Waals surface area contributed by atoms with Gasteiger partial charge in [0.1, 0.15) is 5.82 Å². The van der Waals surface area contributed by atoms with Crippen LogP contribution in [-0.2, 0) is 4.79 Å². The fraction of sp³-hybridized carbons (Fsp3) is 0.273. The van der Waals surface area contributed by atoms with Gasteiger partial charge in [-0.2, -0.15) is 0 Å². The summed E-state index contributed by atoms with van der Waals surface area (Å²) >= 11 is 0. The lowest BCUT2D eigenvalue weighted by Gasteiger charge is -1.96. The van der Waals surface area contributed by atoms with Crippen LogP contribution in [0.3, 0.4) is 0 Å². The van der Waals surface area contributed by atoms with E-state index in [0.717, 1.165) is 5.56 Å². The Hall–Kier alpha value is -2.02. The molecule has 0 atom stereocenters. The van der Waals surface area contributed by atoms with Crippen LogP contribution in [0.25, 0.3) is 0 Å². The standard InChI is InChI=1S/C11H13N3O/c1-9(15)13-7-3-2-5-10-6-4-8-14-11(10)12/h4,6,8H,3,7H2,1H3,(H2,12,14)(H,13,15). The van der Waals surface area contributed by atoms with Crippen molar-refractivity contribution in [3.8, 4) is 11.8 Å². The fourth-order valence-corrected chi connectivity index (χ4v) is 0.982. The first-order valence-corrected chi connectivity index (χ1v) is 4.64. The minimum Gasteiger partial charge on any atom is -0.383 e. The van der Waals surface area contributed by atoms with Crippen molar-refractivity contribution >= 4 is 11.7 Å². The summed E-state index contributed by atoms with van der Waals surface area (Å²) in [6.45, 7) is 2.04. The van der Waals surface area contributed by atoms with E-state index in [4.69, 9.17) is 5.73 Å². The molecule has 15 heavy (non-hydrogen) atoms. The lowest BCUT2D eigenvalue weighted by molar-refractivity contribution is -0.118. The smallest absolute Gasteiger partial charge is 0.216 e. The number of nitrogen functional groups attached to an aromatic ring is 1. The maximum absolute atomic E-state index is 10.5. The van der Waals surface area contributed by atoms with Crippen LogP contribution in [0.15, 0.2) is 18.3 Å². The highest BCUT2D eigenvalue weighted by Crippen LogP contribution is 2.03. The highest BCUT2D eigenvalue weighted by Gasteiger charge is 1.92. The van der Waals surface area contributed by atoms with E-state index in [1.165, 1.54) is 6.92 Å². The zero-order valence-corrected chi connectivity index (χ0v) is 8.58. The summed E-state index contributed by atoms with van der Waals surface area (Å²) < 4.78 is 0. The van der Waals surface area contributed by atoms with Crippen molar-refractivity contribution in [3.63, 3.8) is 0 Å². The second-order valence-corrected chi connectivity index (χ2v) is 2.97. The number of carbonyl (C=O) groups is 1. The molecule has 1 rings (SSSR count). The summed E-state index contributed by atoms with van der Waals surface area (Å²) in [7, 11) is 0. The van der Waals surface area contributed by atoms with Gasteiger partial charge in [0.25, 0.3) is 0 Å². The molecule has 0 spiro atoms. The van der Waals surface area contributed by atoms with Crippen LogP contribution >= 0.6 is 0 Å². The third kappa shape index (κ3) is 4.14. The number of aromatic nitrogens is 1. The Bertz CT molecular complexity index is 404. The Balaban J connectivity index is 2.45. The molecule has 0 saturated heterocycles. The van der Waals surface area contributed by atoms with Crippen LogP contribution in [0.1, 0.15) is 18.9 Å². The number of hydrogen-bond donors (Lipinski definition) is 2. The van der Waals surface area contributed by atoms with E-state index in [-0.39, 0.29) is 5.91 Å². The first-order chi connectivity index (χ1) is 7.20. The molecule has 0 aliphatic heterocycles. The Labute approximate surface area is 88.9 Å². The zero-order valence-electron chi connectivity index (χ0n) is 8.58. The van der Waals surface area contributed by atoms with Crippen LogP contribution < -0.4 is 11.1 Å². The second-order valence-electron chi connectivity index (χ2n) is 2.97. The molecule has 78 valence electrons. The molecule has 4 heteroatoms. The first-order valence-electron chi connectivity index (χ1n) is 4.64. The maximum atomic E-state index is 10.5. The third-order valence-electron chi connectivity index (χ3n) is 1.69. The summed E-state index contributed by atoms with van der Waals surface area (Å²) in [5.41, 5.74) is 6.32. The predicted molar refractivity (Wildman–Crippen MR) is 58.8 cm³/mol. The Morgan fingerprint density at radius 1 is 1.67 bits per heavy atom. The molecule has 0 fully saturated rings. The maximum Gasteiger partial charge on any atom is 0.216 e. The van der Waals surface area contributed by atoms with Gasteiger partial charge in [-0.3, -0.25) is 4.79 Å². The van der Waals surface area contributed by atoms with Crippen LogP contribution in [0, 0.1) is 11.8 Å². The number of hydrogen-bond acceptors (Lipinski definition) is 3. The number of anilines is 1. The molecule has 4 nitrogen and oxygen atoms in total. The molecule has 1 aromatic rings. The SMILES string of the molecule is CC(=O)NCCC#Cc1cccnc1N. The van der Waals surface area contributed by atoms with Crippen molar-refractivity contribution in [2.75, 3.05) is 12.3 Å². The van der Waals surface area contributed by atoms with E-state index < -0.39 is 0 Å². The number of nitrogens with one attached hydrogen (secondary N) is 1. The monoisotopic (exact) mass is 203 g/mol. The van der Waals surface area contributed by atoms with Gasteiger partial charge in [0.2, 0.25) is 5.91 Å². The average Bonchev–Trinajstić information content (AvgIpc) is 2.20. The highest BCUT2D eigenvalue weighted by molar-refractivity contribution is 5.72. The van der Waals surface area contributed by atoms with E-state index in [1.807, 2.05) is 6.07 Å². The molecule has 3 N–H and O–H groups in total. The topological polar surface area (TPSA) is 68.0 Å². The minimum atomic E-state index is -0.0438. The van der Waals surface area contributed by atoms with Gasteiger partial charge in [-0.1, -0.05) is 11.8 Å². The van der Waals surface area contributed by atoms with Crippen molar-refractivity contribution in [3.05, 3.63) is 23.9 Å². The van der Waals surface area contributed by atoms with Gasteiger partial charge in [-0.05, 0) is 12.1 Å². The molecule has 0 bridgehead atoms. The first kappa shape index (κ1) is 11.1. The molecule has 0 radical (unpaired) electrons. The van der Waals surface area contributed by atoms with Crippen molar-refractivity contribution in [1.82, 2.24) is 10.3 Å². The van der Waals surface area contributed by atoms with E-state index in [0.29, 0.717) is 18.8 Å². The molecule has 1 amide bonds. The van der Waals surface area contributed by atoms with Gasteiger partial charge in [-0.15, -0.1) is 0 Å². The zero-order chi connectivity index (χ0) is 11.1. The van der Waals surface area contributed by atoms with E-state index in [1.54, 1.807) is 12.3 Å². The fourth-order valence-electron chi connectivity index (χ4n) is 0.982. The second kappa shape index (κ2) is 5.66. The van der Waals surface area contributed by atoms with Gasteiger partial charge in [0.05, 0.1) is 5.56 Å². The summed E-state index contributed by atoms with van der Waals surface area (Å²) in [6, 6.07) is 3.60. The minimum absolute atomic E-state index is 0.0438. The highest BCUT2D eigenvalue weighted by atomic mass is 16.1. The molecule has 0 aromatic carbocycles. The number of carbonyl (C=O) groups excluding carboxylic acids is 1. The van der Waals surface area contributed by atoms with Crippen LogP contribution in [0.4, 0.5) is 5.82 Å². The normalized spacial score (nSPS) is 8.87. The number of nitrogens with two attached hydrogens (primary N) is 1. The number of nitrogens with zero attached hydrogens (tertiary/aromatic N) is 1. The van der Waals surface area contributed by atoms with Crippen molar-refractivity contribution in [1.29, 1.82) is 0 Å². The van der Waals surface area contributed by atoms with E-state index in [9.17, 15) is 4.79 Å². The van der Waals surface area contributed by atoms with Crippen molar-refractivity contribution in [2.45, 2.75) is 13.3 Å². The Morgan fingerprint density at radius 3 is 3.13 bits per heavy atom. The van der Waals surface area contributed by atoms with Gasteiger partial charge >= 0.3 is 0 Å². The Kier molecular flexibility index (Phi) is 4.17.